The highest BCUT2D eigenvalue weighted by molar-refractivity contribution is 6.31. The molecule has 0 fully saturated rings. The second-order valence-corrected chi connectivity index (χ2v) is 5.12. The van der Waals surface area contributed by atoms with Crippen LogP contribution >= 0.6 is 11.6 Å². The fraction of sp³-hybridized carbons (Fsp3) is 0.267. The van der Waals surface area contributed by atoms with E-state index in [-0.39, 0.29) is 10.9 Å². The summed E-state index contributed by atoms with van der Waals surface area (Å²) in [6, 6.07) is 7.58. The third kappa shape index (κ3) is 4.66. The second kappa shape index (κ2) is 7.70. The summed E-state index contributed by atoms with van der Waals surface area (Å²) < 4.78 is 13.1. The molecule has 0 aliphatic rings. The Bertz CT molecular complexity index is 648. The van der Waals surface area contributed by atoms with Crippen molar-refractivity contribution in [2.24, 2.45) is 0 Å². The molecule has 0 bridgehead atoms. The maximum absolute atomic E-state index is 13.1. The van der Waals surface area contributed by atoms with Crippen LogP contribution in [0.4, 0.5) is 21.7 Å². The Morgan fingerprint density at radius 1 is 1.23 bits per heavy atom. The minimum atomic E-state index is -0.483. The molecule has 1 aromatic heterocycles. The van der Waals surface area contributed by atoms with Gasteiger partial charge in [0.2, 0.25) is 5.91 Å². The van der Waals surface area contributed by atoms with Crippen LogP contribution in [0.3, 0.4) is 0 Å². The molecule has 1 heterocycles. The Hall–Kier alpha value is -2.21. The Morgan fingerprint density at radius 2 is 1.95 bits per heavy atom. The predicted molar refractivity (Wildman–Crippen MR) is 84.9 cm³/mol. The largest absolute Gasteiger partial charge is 0.339 e. The Morgan fingerprint density at radius 3 is 2.59 bits per heavy atom. The smallest absolute Gasteiger partial charge is 0.225 e. The van der Waals surface area contributed by atoms with Gasteiger partial charge in [-0.05, 0) is 36.8 Å². The maximum atomic E-state index is 13.1. The minimum absolute atomic E-state index is 0.0257. The highest BCUT2D eigenvalue weighted by atomic mass is 35.5. The van der Waals surface area contributed by atoms with Gasteiger partial charge in [-0.3, -0.25) is 4.79 Å². The number of carbonyl (C=O) groups excluding carboxylic acids is 1. The number of nitrogens with zero attached hydrogens (tertiary/aromatic N) is 2. The molecule has 116 valence electrons. The van der Waals surface area contributed by atoms with Gasteiger partial charge < -0.3 is 10.6 Å². The average Bonchev–Trinajstić information content (AvgIpc) is 2.51. The van der Waals surface area contributed by atoms with Crippen molar-refractivity contribution >= 4 is 34.8 Å². The molecule has 0 aliphatic heterocycles. The van der Waals surface area contributed by atoms with Gasteiger partial charge in [0.05, 0.1) is 5.02 Å². The summed E-state index contributed by atoms with van der Waals surface area (Å²) in [5.41, 5.74) is 0.598. The van der Waals surface area contributed by atoms with Gasteiger partial charge in [0, 0.05) is 12.1 Å². The quantitative estimate of drug-likeness (QED) is 0.838. The van der Waals surface area contributed by atoms with Crippen molar-refractivity contribution < 1.29 is 9.18 Å². The molecular weight excluding hydrogens is 307 g/mol. The molecule has 22 heavy (non-hydrogen) atoms. The van der Waals surface area contributed by atoms with E-state index in [0.717, 1.165) is 12.8 Å². The Balaban J connectivity index is 1.96. The van der Waals surface area contributed by atoms with Crippen LogP contribution in [-0.2, 0) is 4.79 Å². The van der Waals surface area contributed by atoms with Crippen molar-refractivity contribution in [1.82, 2.24) is 10.2 Å². The van der Waals surface area contributed by atoms with Crippen molar-refractivity contribution in [3.63, 3.8) is 0 Å². The normalized spacial score (nSPS) is 10.3. The number of unbranched alkanes of at least 4 members (excludes halogenated alkanes) is 1. The molecule has 0 saturated carbocycles. The van der Waals surface area contributed by atoms with E-state index in [9.17, 15) is 9.18 Å². The van der Waals surface area contributed by atoms with Crippen LogP contribution in [-0.4, -0.2) is 16.1 Å². The third-order valence-electron chi connectivity index (χ3n) is 2.88. The SMILES string of the molecule is CCCCC(=O)Nc1ccc(Nc2ccc(F)c(Cl)c2)nn1. The van der Waals surface area contributed by atoms with Gasteiger partial charge in [-0.25, -0.2) is 4.39 Å². The number of halogens is 2. The number of rotatable bonds is 6. The third-order valence-corrected chi connectivity index (χ3v) is 3.17. The number of hydrogen-bond donors (Lipinski definition) is 2. The number of nitrogens with one attached hydrogen (secondary N) is 2. The minimum Gasteiger partial charge on any atom is -0.339 e. The van der Waals surface area contributed by atoms with E-state index in [1.54, 1.807) is 18.2 Å². The molecule has 0 unspecified atom stereocenters. The monoisotopic (exact) mass is 322 g/mol. The fourth-order valence-electron chi connectivity index (χ4n) is 1.73. The van der Waals surface area contributed by atoms with Gasteiger partial charge in [0.15, 0.2) is 11.6 Å². The maximum Gasteiger partial charge on any atom is 0.225 e. The number of aromatic nitrogens is 2. The van der Waals surface area contributed by atoms with Gasteiger partial charge in [-0.1, -0.05) is 24.9 Å². The molecule has 1 aromatic carbocycles. The number of benzene rings is 1. The predicted octanol–water partition coefficient (Wildman–Crippen LogP) is 4.14. The first-order valence-corrected chi connectivity index (χ1v) is 7.32. The first-order valence-electron chi connectivity index (χ1n) is 6.94. The van der Waals surface area contributed by atoms with Crippen molar-refractivity contribution in [2.45, 2.75) is 26.2 Å². The molecule has 2 rings (SSSR count). The van der Waals surface area contributed by atoms with Gasteiger partial charge in [0.1, 0.15) is 5.82 Å². The van der Waals surface area contributed by atoms with Crippen LogP contribution in [0.5, 0.6) is 0 Å². The summed E-state index contributed by atoms with van der Waals surface area (Å²) in [4.78, 5) is 11.6. The lowest BCUT2D eigenvalue weighted by molar-refractivity contribution is -0.116. The van der Waals surface area contributed by atoms with Crippen LogP contribution in [0.1, 0.15) is 26.2 Å². The van der Waals surface area contributed by atoms with Crippen molar-refractivity contribution in [1.29, 1.82) is 0 Å². The summed E-state index contributed by atoms with van der Waals surface area (Å²) in [6.45, 7) is 2.02. The molecule has 2 N–H and O–H groups in total. The van der Waals surface area contributed by atoms with E-state index in [1.807, 2.05) is 6.92 Å². The number of anilines is 3. The molecule has 7 heteroatoms. The second-order valence-electron chi connectivity index (χ2n) is 4.71. The van der Waals surface area contributed by atoms with Gasteiger partial charge in [-0.15, -0.1) is 10.2 Å². The van der Waals surface area contributed by atoms with Crippen LogP contribution in [0.25, 0.3) is 0 Å². The molecule has 0 radical (unpaired) electrons. The highest BCUT2D eigenvalue weighted by Crippen LogP contribution is 2.21. The average molecular weight is 323 g/mol. The standard InChI is InChI=1S/C15H16ClFN4O/c1-2-3-4-15(22)19-14-8-7-13(20-21-14)18-10-5-6-12(17)11(16)9-10/h5-9H,2-4H2,1H3,(H,18,20)(H,19,21,22). The first-order chi connectivity index (χ1) is 10.6. The molecule has 0 spiro atoms. The van der Waals surface area contributed by atoms with E-state index in [1.165, 1.54) is 12.1 Å². The fourth-order valence-corrected chi connectivity index (χ4v) is 1.91. The molecule has 1 amide bonds. The summed E-state index contributed by atoms with van der Waals surface area (Å²) in [6.07, 6.45) is 2.26. The van der Waals surface area contributed by atoms with Crippen LogP contribution in [0.2, 0.25) is 5.02 Å². The van der Waals surface area contributed by atoms with Crippen LogP contribution in [0.15, 0.2) is 30.3 Å². The zero-order valence-corrected chi connectivity index (χ0v) is 12.8. The Labute approximate surface area is 132 Å². The van der Waals surface area contributed by atoms with Crippen LogP contribution in [0, 0.1) is 5.82 Å². The lowest BCUT2D eigenvalue weighted by atomic mass is 10.2. The summed E-state index contributed by atoms with van der Waals surface area (Å²) in [5.74, 6) is 0.295. The van der Waals surface area contributed by atoms with Gasteiger partial charge in [0.25, 0.3) is 0 Å². The summed E-state index contributed by atoms with van der Waals surface area (Å²) in [7, 11) is 0. The first kappa shape index (κ1) is 16.2. The number of carbonyl (C=O) groups is 1. The van der Waals surface area contributed by atoms with Crippen LogP contribution < -0.4 is 10.6 Å². The molecular formula is C15H16ClFN4O. The zero-order chi connectivity index (χ0) is 15.9. The number of amides is 1. The molecule has 5 nitrogen and oxygen atoms in total. The molecule has 0 saturated heterocycles. The van der Waals surface area contributed by atoms with E-state index >= 15 is 0 Å². The van der Waals surface area contributed by atoms with Crippen molar-refractivity contribution in [3.8, 4) is 0 Å². The van der Waals surface area contributed by atoms with Gasteiger partial charge >= 0.3 is 0 Å². The lowest BCUT2D eigenvalue weighted by Gasteiger charge is -2.07. The van der Waals surface area contributed by atoms with E-state index < -0.39 is 5.82 Å². The van der Waals surface area contributed by atoms with Crippen molar-refractivity contribution in [3.05, 3.63) is 41.2 Å². The molecule has 0 atom stereocenters. The van der Waals surface area contributed by atoms with Crippen molar-refractivity contribution in [2.75, 3.05) is 10.6 Å². The Kier molecular flexibility index (Phi) is 5.66. The van der Waals surface area contributed by atoms with E-state index in [0.29, 0.717) is 23.7 Å². The van der Waals surface area contributed by atoms with Gasteiger partial charge in [-0.2, -0.15) is 0 Å². The van der Waals surface area contributed by atoms with E-state index in [2.05, 4.69) is 20.8 Å². The topological polar surface area (TPSA) is 66.9 Å². The highest BCUT2D eigenvalue weighted by Gasteiger charge is 2.05. The summed E-state index contributed by atoms with van der Waals surface area (Å²) >= 11 is 5.71. The molecule has 0 aliphatic carbocycles. The zero-order valence-electron chi connectivity index (χ0n) is 12.1. The lowest BCUT2D eigenvalue weighted by Crippen LogP contribution is -2.12. The van der Waals surface area contributed by atoms with E-state index in [4.69, 9.17) is 11.6 Å². The molecule has 2 aromatic rings. The number of hydrogen-bond acceptors (Lipinski definition) is 4. The summed E-state index contributed by atoms with van der Waals surface area (Å²) in [5, 5.41) is 13.5.